The molecule has 0 saturated heterocycles. The smallest absolute Gasteiger partial charge is 0.242 e. The van der Waals surface area contributed by atoms with E-state index in [0.717, 1.165) is 6.26 Å². The summed E-state index contributed by atoms with van der Waals surface area (Å²) in [7, 11) is -3.62. The fourth-order valence-electron chi connectivity index (χ4n) is 3.48. The van der Waals surface area contributed by atoms with Gasteiger partial charge in [0.2, 0.25) is 21.8 Å². The van der Waals surface area contributed by atoms with Gasteiger partial charge in [-0.3, -0.25) is 13.9 Å². The Labute approximate surface area is 212 Å². The van der Waals surface area contributed by atoms with Gasteiger partial charge in [-0.05, 0) is 43.5 Å². The van der Waals surface area contributed by atoms with Gasteiger partial charge in [0.25, 0.3) is 0 Å². The summed E-state index contributed by atoms with van der Waals surface area (Å²) in [5, 5.41) is 3.21. The molecule has 0 aliphatic rings. The van der Waals surface area contributed by atoms with Crippen LogP contribution in [0.5, 0.6) is 0 Å². The Morgan fingerprint density at radius 2 is 1.77 bits per heavy atom. The summed E-state index contributed by atoms with van der Waals surface area (Å²) in [5.41, 5.74) is 0.693. The van der Waals surface area contributed by atoms with Crippen LogP contribution in [-0.2, 0) is 26.2 Å². The molecule has 0 spiro atoms. The highest BCUT2D eigenvalue weighted by molar-refractivity contribution is 7.92. The summed E-state index contributed by atoms with van der Waals surface area (Å²) in [6, 6.07) is 11.7. The number of hydrogen-bond acceptors (Lipinski definition) is 4. The molecule has 35 heavy (non-hydrogen) atoms. The Balaban J connectivity index is 2.17. The molecule has 0 heterocycles. The second kappa shape index (κ2) is 12.9. The molecule has 0 aliphatic carbocycles. The fraction of sp³-hybridized carbons (Fsp3) is 0.440. The van der Waals surface area contributed by atoms with Crippen molar-refractivity contribution in [1.82, 2.24) is 10.2 Å². The van der Waals surface area contributed by atoms with E-state index in [0.29, 0.717) is 22.8 Å². The molecule has 0 aliphatic heterocycles. The van der Waals surface area contributed by atoms with E-state index in [4.69, 9.17) is 11.6 Å². The van der Waals surface area contributed by atoms with Crippen LogP contribution in [0, 0.1) is 11.7 Å². The molecule has 0 saturated carbocycles. The van der Waals surface area contributed by atoms with Crippen molar-refractivity contribution in [2.75, 3.05) is 23.7 Å². The van der Waals surface area contributed by atoms with E-state index in [-0.39, 0.29) is 43.7 Å². The van der Waals surface area contributed by atoms with Crippen molar-refractivity contribution in [3.63, 3.8) is 0 Å². The van der Waals surface area contributed by atoms with Gasteiger partial charge in [-0.2, -0.15) is 0 Å². The standard InChI is InChI=1S/C25H33ClFN3O4S/c1-18(2)16-28-25(32)19(3)29(17-20-9-5-6-12-23(20)27)24(31)13-8-14-30(35(4,33)34)22-11-7-10-21(26)15-22/h5-7,9-12,15,18-19H,8,13-14,16-17H2,1-4H3,(H,28,32)/t19-/m0/s1. The molecule has 1 N–H and O–H groups in total. The molecule has 0 aromatic heterocycles. The molecule has 2 aromatic carbocycles. The van der Waals surface area contributed by atoms with Crippen LogP contribution in [0.3, 0.4) is 0 Å². The zero-order valence-corrected chi connectivity index (χ0v) is 22.1. The molecule has 2 amide bonds. The highest BCUT2D eigenvalue weighted by Crippen LogP contribution is 2.23. The van der Waals surface area contributed by atoms with Gasteiger partial charge >= 0.3 is 0 Å². The minimum absolute atomic E-state index is 0.0250. The van der Waals surface area contributed by atoms with Gasteiger partial charge in [-0.1, -0.05) is 49.7 Å². The lowest BCUT2D eigenvalue weighted by Gasteiger charge is -2.29. The van der Waals surface area contributed by atoms with Gasteiger partial charge in [0.1, 0.15) is 11.9 Å². The Hall–Kier alpha value is -2.65. The third-order valence-electron chi connectivity index (χ3n) is 5.40. The lowest BCUT2D eigenvalue weighted by molar-refractivity contribution is -0.140. The zero-order chi connectivity index (χ0) is 26.2. The molecule has 0 fully saturated rings. The number of anilines is 1. The van der Waals surface area contributed by atoms with Gasteiger partial charge in [0.05, 0.1) is 11.9 Å². The SMILES string of the molecule is CC(C)CNC(=O)[C@H](C)N(Cc1ccccc1F)C(=O)CCCN(c1cccc(Cl)c1)S(C)(=O)=O. The van der Waals surface area contributed by atoms with Gasteiger partial charge < -0.3 is 10.2 Å². The molecular weight excluding hydrogens is 493 g/mol. The normalized spacial score (nSPS) is 12.3. The first-order valence-corrected chi connectivity index (χ1v) is 13.7. The molecule has 1 atom stereocenters. The van der Waals surface area contributed by atoms with Crippen LogP contribution in [0.25, 0.3) is 0 Å². The van der Waals surface area contributed by atoms with E-state index < -0.39 is 21.9 Å². The average Bonchev–Trinajstić information content (AvgIpc) is 2.78. The number of carbonyl (C=O) groups excluding carboxylic acids is 2. The first kappa shape index (κ1) is 28.6. The summed E-state index contributed by atoms with van der Waals surface area (Å²) in [4.78, 5) is 27.2. The highest BCUT2D eigenvalue weighted by atomic mass is 35.5. The van der Waals surface area contributed by atoms with Crippen molar-refractivity contribution in [3.05, 3.63) is 64.9 Å². The van der Waals surface area contributed by atoms with E-state index in [9.17, 15) is 22.4 Å². The molecule has 0 bridgehead atoms. The summed E-state index contributed by atoms with van der Waals surface area (Å²) < 4.78 is 40.2. The molecule has 0 radical (unpaired) electrons. The van der Waals surface area contributed by atoms with E-state index in [2.05, 4.69) is 5.32 Å². The van der Waals surface area contributed by atoms with Crippen LogP contribution in [-0.4, -0.2) is 50.5 Å². The average molecular weight is 526 g/mol. The van der Waals surface area contributed by atoms with Crippen LogP contribution in [0.4, 0.5) is 10.1 Å². The first-order chi connectivity index (χ1) is 16.4. The third-order valence-corrected chi connectivity index (χ3v) is 6.83. The summed E-state index contributed by atoms with van der Waals surface area (Å²) >= 11 is 6.01. The molecule has 0 unspecified atom stereocenters. The number of amides is 2. The maximum atomic E-state index is 14.3. The Bertz CT molecular complexity index is 1130. The predicted molar refractivity (Wildman–Crippen MR) is 137 cm³/mol. The fourth-order valence-corrected chi connectivity index (χ4v) is 4.62. The predicted octanol–water partition coefficient (Wildman–Crippen LogP) is 4.21. The van der Waals surface area contributed by atoms with E-state index in [1.165, 1.54) is 21.3 Å². The van der Waals surface area contributed by atoms with Crippen LogP contribution in [0.15, 0.2) is 48.5 Å². The Morgan fingerprint density at radius 3 is 2.37 bits per heavy atom. The number of sulfonamides is 1. The van der Waals surface area contributed by atoms with Crippen molar-refractivity contribution in [2.45, 2.75) is 46.2 Å². The summed E-state index contributed by atoms with van der Waals surface area (Å²) in [6.45, 7) is 5.94. The number of hydrogen-bond donors (Lipinski definition) is 1. The number of nitrogens with zero attached hydrogens (tertiary/aromatic N) is 2. The second-order valence-corrected chi connectivity index (χ2v) is 11.2. The third kappa shape index (κ3) is 8.81. The molecule has 10 heteroatoms. The maximum Gasteiger partial charge on any atom is 0.242 e. The first-order valence-electron chi connectivity index (χ1n) is 11.4. The molecule has 7 nitrogen and oxygen atoms in total. The number of rotatable bonds is 12. The van der Waals surface area contributed by atoms with Crippen molar-refractivity contribution in [2.24, 2.45) is 5.92 Å². The van der Waals surface area contributed by atoms with Crippen molar-refractivity contribution in [3.8, 4) is 0 Å². The summed E-state index contributed by atoms with van der Waals surface area (Å²) in [5.74, 6) is -0.945. The highest BCUT2D eigenvalue weighted by Gasteiger charge is 2.27. The van der Waals surface area contributed by atoms with E-state index in [1.54, 1.807) is 43.3 Å². The number of halogens is 2. The van der Waals surface area contributed by atoms with E-state index in [1.807, 2.05) is 13.8 Å². The number of nitrogens with one attached hydrogen (secondary N) is 1. The van der Waals surface area contributed by atoms with Gasteiger partial charge in [-0.25, -0.2) is 12.8 Å². The quantitative estimate of drug-likeness (QED) is 0.449. The molecule has 2 aromatic rings. The van der Waals surface area contributed by atoms with Crippen LogP contribution < -0.4 is 9.62 Å². The molecule has 2 rings (SSSR count). The maximum absolute atomic E-state index is 14.3. The molecular formula is C25H33ClFN3O4S. The molecule has 192 valence electrons. The topological polar surface area (TPSA) is 86.8 Å². The lowest BCUT2D eigenvalue weighted by Crippen LogP contribution is -2.48. The zero-order valence-electron chi connectivity index (χ0n) is 20.5. The van der Waals surface area contributed by atoms with Gasteiger partial charge in [0.15, 0.2) is 0 Å². The van der Waals surface area contributed by atoms with Crippen LogP contribution in [0.2, 0.25) is 5.02 Å². The van der Waals surface area contributed by atoms with Crippen LogP contribution >= 0.6 is 11.6 Å². The minimum Gasteiger partial charge on any atom is -0.354 e. The lowest BCUT2D eigenvalue weighted by atomic mass is 10.1. The second-order valence-electron chi connectivity index (χ2n) is 8.85. The van der Waals surface area contributed by atoms with Crippen molar-refractivity contribution >= 4 is 39.1 Å². The largest absolute Gasteiger partial charge is 0.354 e. The monoisotopic (exact) mass is 525 g/mol. The summed E-state index contributed by atoms with van der Waals surface area (Å²) in [6.07, 6.45) is 1.26. The van der Waals surface area contributed by atoms with E-state index >= 15 is 0 Å². The minimum atomic E-state index is -3.62. The number of carbonyl (C=O) groups is 2. The van der Waals surface area contributed by atoms with Crippen molar-refractivity contribution < 1.29 is 22.4 Å². The Morgan fingerprint density at radius 1 is 1.09 bits per heavy atom. The Kier molecular flexibility index (Phi) is 10.5. The van der Waals surface area contributed by atoms with Crippen molar-refractivity contribution in [1.29, 1.82) is 0 Å². The van der Waals surface area contributed by atoms with Gasteiger partial charge in [0, 0.05) is 36.6 Å². The number of benzene rings is 2. The van der Waals surface area contributed by atoms with Gasteiger partial charge in [-0.15, -0.1) is 0 Å². The van der Waals surface area contributed by atoms with Crippen LogP contribution in [0.1, 0.15) is 39.2 Å².